The molecular weight excluding hydrogens is 280 g/mol. The Morgan fingerprint density at radius 3 is 2.75 bits per heavy atom. The van der Waals surface area contributed by atoms with Crippen LogP contribution in [-0.4, -0.2) is 22.7 Å². The number of esters is 1. The highest BCUT2D eigenvalue weighted by molar-refractivity contribution is 7.05. The number of nitrogens with zero attached hydrogens (tertiary/aromatic N) is 3. The molecule has 1 atom stereocenters. The van der Waals surface area contributed by atoms with Gasteiger partial charge < -0.3 is 15.2 Å². The molecule has 0 fully saturated rings. The van der Waals surface area contributed by atoms with Crippen LogP contribution in [0, 0.1) is 18.3 Å². The fourth-order valence-corrected chi connectivity index (χ4v) is 2.79. The van der Waals surface area contributed by atoms with Crippen LogP contribution in [0.25, 0.3) is 0 Å². The number of aryl methyl sites for hydroxylation is 1. The van der Waals surface area contributed by atoms with Gasteiger partial charge in [0.05, 0.1) is 29.2 Å². The van der Waals surface area contributed by atoms with Crippen LogP contribution in [0.15, 0.2) is 22.8 Å². The molecule has 8 heteroatoms. The lowest BCUT2D eigenvalue weighted by Gasteiger charge is -2.25. The van der Waals surface area contributed by atoms with Gasteiger partial charge in [-0.2, -0.15) is 5.26 Å². The van der Waals surface area contributed by atoms with Crippen LogP contribution in [0.5, 0.6) is 0 Å². The molecule has 1 aliphatic heterocycles. The minimum absolute atomic E-state index is 0.0181. The van der Waals surface area contributed by atoms with Crippen molar-refractivity contribution in [3.8, 4) is 6.07 Å². The van der Waals surface area contributed by atoms with E-state index in [1.165, 1.54) is 7.11 Å². The van der Waals surface area contributed by atoms with E-state index < -0.39 is 11.9 Å². The number of ether oxygens (including phenoxy) is 2. The van der Waals surface area contributed by atoms with Crippen molar-refractivity contribution in [1.29, 1.82) is 5.26 Å². The molecule has 0 radical (unpaired) electrons. The smallest absolute Gasteiger partial charge is 0.338 e. The lowest BCUT2D eigenvalue weighted by molar-refractivity contribution is -0.136. The molecule has 1 aromatic heterocycles. The first-order valence-electron chi connectivity index (χ1n) is 5.66. The molecule has 0 saturated carbocycles. The molecule has 1 aliphatic rings. The largest absolute Gasteiger partial charge is 0.466 e. The van der Waals surface area contributed by atoms with E-state index >= 15 is 0 Å². The Hall–Kier alpha value is -2.40. The normalized spacial score (nSPS) is 18.6. The molecule has 1 unspecified atom stereocenters. The van der Waals surface area contributed by atoms with Gasteiger partial charge >= 0.3 is 5.97 Å². The van der Waals surface area contributed by atoms with E-state index in [9.17, 15) is 10.1 Å². The zero-order valence-electron chi connectivity index (χ0n) is 11.1. The van der Waals surface area contributed by atoms with E-state index in [0.29, 0.717) is 16.3 Å². The fourth-order valence-electron chi connectivity index (χ4n) is 2.02. The zero-order chi connectivity index (χ0) is 14.9. The molecule has 1 aromatic rings. The number of nitrogens with two attached hydrogens (primary N) is 1. The van der Waals surface area contributed by atoms with Crippen molar-refractivity contribution in [3.63, 3.8) is 0 Å². The summed E-state index contributed by atoms with van der Waals surface area (Å²) in [6.45, 7) is 3.35. The Labute approximate surface area is 119 Å². The summed E-state index contributed by atoms with van der Waals surface area (Å²) in [4.78, 5) is 12.7. The minimum atomic E-state index is -0.652. The third-order valence-corrected chi connectivity index (χ3v) is 3.85. The van der Waals surface area contributed by atoms with E-state index in [-0.39, 0.29) is 17.0 Å². The standard InChI is InChI=1S/C12H12N4O3S/c1-5-10(20-16-15-5)9-7(4-13)11(14)19-6(2)8(9)12(17)18-3/h9H,14H2,1-3H3. The second-order valence-electron chi connectivity index (χ2n) is 4.11. The number of allylic oxidation sites excluding steroid dienone is 2. The lowest BCUT2D eigenvalue weighted by Crippen LogP contribution is -2.24. The van der Waals surface area contributed by atoms with E-state index in [0.717, 1.165) is 11.5 Å². The Kier molecular flexibility index (Phi) is 3.72. The van der Waals surface area contributed by atoms with Gasteiger partial charge in [0.2, 0.25) is 5.88 Å². The quantitative estimate of drug-likeness (QED) is 0.812. The molecule has 2 heterocycles. The second-order valence-corrected chi connectivity index (χ2v) is 4.89. The van der Waals surface area contributed by atoms with Gasteiger partial charge in [-0.05, 0) is 25.4 Å². The van der Waals surface area contributed by atoms with Gasteiger partial charge in [-0.1, -0.05) is 4.49 Å². The number of hydrogen-bond acceptors (Lipinski definition) is 8. The van der Waals surface area contributed by atoms with Crippen molar-refractivity contribution in [2.75, 3.05) is 7.11 Å². The zero-order valence-corrected chi connectivity index (χ0v) is 11.9. The molecule has 0 spiro atoms. The van der Waals surface area contributed by atoms with E-state index in [2.05, 4.69) is 9.59 Å². The average Bonchev–Trinajstić information content (AvgIpc) is 2.83. The van der Waals surface area contributed by atoms with Gasteiger partial charge in [0.25, 0.3) is 0 Å². The molecule has 2 rings (SSSR count). The predicted octanol–water partition coefficient (Wildman–Crippen LogP) is 1.10. The van der Waals surface area contributed by atoms with E-state index in [1.54, 1.807) is 13.8 Å². The van der Waals surface area contributed by atoms with Crippen LogP contribution >= 0.6 is 11.5 Å². The van der Waals surface area contributed by atoms with Crippen LogP contribution < -0.4 is 5.73 Å². The van der Waals surface area contributed by atoms with Gasteiger partial charge in [0.1, 0.15) is 17.4 Å². The average molecular weight is 292 g/mol. The minimum Gasteiger partial charge on any atom is -0.466 e. The Balaban J connectivity index is 2.66. The summed E-state index contributed by atoms with van der Waals surface area (Å²) >= 11 is 1.11. The Bertz CT molecular complexity index is 668. The molecular formula is C12H12N4O3S. The number of carbonyl (C=O) groups excluding carboxylic acids is 1. The summed E-state index contributed by atoms with van der Waals surface area (Å²) in [5.41, 5.74) is 6.78. The number of hydrogen-bond donors (Lipinski definition) is 1. The maximum absolute atomic E-state index is 12.0. The van der Waals surface area contributed by atoms with Gasteiger partial charge in [-0.3, -0.25) is 0 Å². The van der Waals surface area contributed by atoms with Crippen LogP contribution in [0.1, 0.15) is 23.4 Å². The maximum atomic E-state index is 12.0. The third kappa shape index (κ3) is 2.12. The molecule has 0 amide bonds. The highest BCUT2D eigenvalue weighted by atomic mass is 32.1. The van der Waals surface area contributed by atoms with Gasteiger partial charge in [0, 0.05) is 0 Å². The first kappa shape index (κ1) is 14.0. The van der Waals surface area contributed by atoms with Crippen LogP contribution in [0.4, 0.5) is 0 Å². The van der Waals surface area contributed by atoms with Crippen molar-refractivity contribution in [1.82, 2.24) is 9.59 Å². The lowest BCUT2D eigenvalue weighted by atomic mass is 9.87. The first-order chi connectivity index (χ1) is 9.51. The van der Waals surface area contributed by atoms with E-state index in [4.69, 9.17) is 15.2 Å². The molecule has 0 aromatic carbocycles. The highest BCUT2D eigenvalue weighted by Crippen LogP contribution is 2.41. The monoisotopic (exact) mass is 292 g/mol. The van der Waals surface area contributed by atoms with Crippen molar-refractivity contribution < 1.29 is 14.3 Å². The maximum Gasteiger partial charge on any atom is 0.338 e. The van der Waals surface area contributed by atoms with Crippen molar-refractivity contribution in [3.05, 3.63) is 33.4 Å². The topological polar surface area (TPSA) is 111 Å². The molecule has 7 nitrogen and oxygen atoms in total. The number of rotatable bonds is 2. The van der Waals surface area contributed by atoms with Crippen molar-refractivity contribution in [2.24, 2.45) is 5.73 Å². The van der Waals surface area contributed by atoms with Crippen LogP contribution in [-0.2, 0) is 14.3 Å². The summed E-state index contributed by atoms with van der Waals surface area (Å²) in [5.74, 6) is -0.927. The molecule has 104 valence electrons. The second kappa shape index (κ2) is 5.30. The fraction of sp³-hybridized carbons (Fsp3) is 0.333. The van der Waals surface area contributed by atoms with Crippen molar-refractivity contribution in [2.45, 2.75) is 19.8 Å². The summed E-state index contributed by atoms with van der Waals surface area (Å²) in [7, 11) is 1.27. The van der Waals surface area contributed by atoms with E-state index in [1.807, 2.05) is 6.07 Å². The number of methoxy groups -OCH3 is 1. The third-order valence-electron chi connectivity index (χ3n) is 2.96. The number of nitriles is 1. The molecule has 0 bridgehead atoms. The molecule has 20 heavy (non-hydrogen) atoms. The van der Waals surface area contributed by atoms with Gasteiger partial charge in [-0.15, -0.1) is 5.10 Å². The molecule has 2 N–H and O–H groups in total. The first-order valence-corrected chi connectivity index (χ1v) is 6.44. The van der Waals surface area contributed by atoms with Crippen molar-refractivity contribution >= 4 is 17.5 Å². The summed E-state index contributed by atoms with van der Waals surface area (Å²) in [5, 5.41) is 13.2. The summed E-state index contributed by atoms with van der Waals surface area (Å²) in [6, 6.07) is 1.99. The van der Waals surface area contributed by atoms with Gasteiger partial charge in [0.15, 0.2) is 0 Å². The SMILES string of the molecule is COC(=O)C1=C(C)OC(N)=C(C#N)C1c1snnc1C. The highest BCUT2D eigenvalue weighted by Gasteiger charge is 2.38. The molecule has 0 aliphatic carbocycles. The van der Waals surface area contributed by atoms with Crippen LogP contribution in [0.2, 0.25) is 0 Å². The summed E-state index contributed by atoms with van der Waals surface area (Å²) < 4.78 is 13.9. The number of aromatic nitrogens is 2. The van der Waals surface area contributed by atoms with Crippen LogP contribution in [0.3, 0.4) is 0 Å². The number of carbonyl (C=O) groups is 1. The predicted molar refractivity (Wildman–Crippen MR) is 70.0 cm³/mol. The molecule has 0 saturated heterocycles. The van der Waals surface area contributed by atoms with Gasteiger partial charge in [-0.25, -0.2) is 4.79 Å². The summed E-state index contributed by atoms with van der Waals surface area (Å²) in [6.07, 6.45) is 0. The Morgan fingerprint density at radius 1 is 1.55 bits per heavy atom. The Morgan fingerprint density at radius 2 is 2.25 bits per heavy atom.